The molecule has 4 heteroatoms. The highest BCUT2D eigenvalue weighted by Crippen LogP contribution is 2.24. The lowest BCUT2D eigenvalue weighted by Crippen LogP contribution is -1.95. The molecule has 0 unspecified atom stereocenters. The zero-order valence-corrected chi connectivity index (χ0v) is 14.3. The topological polar surface area (TPSA) is 38.9 Å². The molecule has 0 N–H and O–H groups in total. The number of hydrogen-bond acceptors (Lipinski definition) is 3. The third-order valence-electron chi connectivity index (χ3n) is 4.10. The Bertz CT molecular complexity index is 899. The zero-order valence-electron chi connectivity index (χ0n) is 14.3. The van der Waals surface area contributed by atoms with Gasteiger partial charge >= 0.3 is 0 Å². The molecule has 1 aromatic heterocycles. The predicted molar refractivity (Wildman–Crippen MR) is 95.4 cm³/mol. The van der Waals surface area contributed by atoms with Crippen LogP contribution < -0.4 is 0 Å². The minimum absolute atomic E-state index is 0.285. The largest absolute Gasteiger partial charge is 0.339 e. The van der Waals surface area contributed by atoms with Crippen LogP contribution in [0.1, 0.15) is 49.6 Å². The van der Waals surface area contributed by atoms with Gasteiger partial charge < -0.3 is 4.52 Å². The summed E-state index contributed by atoms with van der Waals surface area (Å²) in [4.78, 5) is 4.50. The minimum Gasteiger partial charge on any atom is -0.339 e. The van der Waals surface area contributed by atoms with Gasteiger partial charge in [0.15, 0.2) is 0 Å². The monoisotopic (exact) mass is 334 g/mol. The highest BCUT2D eigenvalue weighted by atomic mass is 19.1. The average Bonchev–Trinajstić information content (AvgIpc) is 3.11. The maximum Gasteiger partial charge on any atom is 0.230 e. The lowest BCUT2D eigenvalue weighted by atomic mass is 10.0. The molecule has 0 amide bonds. The van der Waals surface area contributed by atoms with E-state index in [0.717, 1.165) is 24.0 Å². The first-order valence-electron chi connectivity index (χ1n) is 8.41. The highest BCUT2D eigenvalue weighted by molar-refractivity contribution is 5.56. The predicted octanol–water partition coefficient (Wildman–Crippen LogP) is 5.18. The molecule has 0 spiro atoms. The molecule has 25 heavy (non-hydrogen) atoms. The van der Waals surface area contributed by atoms with E-state index >= 15 is 0 Å². The van der Waals surface area contributed by atoms with Crippen LogP contribution in [0.15, 0.2) is 53.1 Å². The molecule has 0 aliphatic heterocycles. The number of nitrogens with zero attached hydrogens (tertiary/aromatic N) is 2. The summed E-state index contributed by atoms with van der Waals surface area (Å²) >= 11 is 0. The van der Waals surface area contributed by atoms with Gasteiger partial charge in [-0.1, -0.05) is 36.9 Å². The van der Waals surface area contributed by atoms with E-state index < -0.39 is 0 Å². The molecule has 0 bridgehead atoms. The summed E-state index contributed by atoms with van der Waals surface area (Å²) in [6.45, 7) is 4.23. The molecule has 126 valence electrons. The average molecular weight is 334 g/mol. The summed E-state index contributed by atoms with van der Waals surface area (Å²) in [6.07, 6.45) is 1.96. The van der Waals surface area contributed by atoms with Gasteiger partial charge in [-0.05, 0) is 55.3 Å². The van der Waals surface area contributed by atoms with E-state index in [1.54, 1.807) is 12.1 Å². The van der Waals surface area contributed by atoms with Gasteiger partial charge in [0, 0.05) is 22.6 Å². The van der Waals surface area contributed by atoms with E-state index in [2.05, 4.69) is 35.8 Å². The number of benzene rings is 2. The molecule has 3 aromatic rings. The Hall–Kier alpha value is -2.93. The van der Waals surface area contributed by atoms with Crippen LogP contribution in [0.2, 0.25) is 0 Å². The molecule has 3 nitrogen and oxygen atoms in total. The van der Waals surface area contributed by atoms with Gasteiger partial charge in [0.25, 0.3) is 0 Å². The third-order valence-corrected chi connectivity index (χ3v) is 4.10. The molecular weight excluding hydrogens is 315 g/mol. The molecule has 0 saturated heterocycles. The van der Waals surface area contributed by atoms with E-state index in [-0.39, 0.29) is 5.82 Å². The third kappa shape index (κ3) is 4.13. The Kier molecular flexibility index (Phi) is 5.25. The van der Waals surface area contributed by atoms with Gasteiger partial charge in [0.2, 0.25) is 11.7 Å². The van der Waals surface area contributed by atoms with Crippen LogP contribution in [0, 0.1) is 17.7 Å². The van der Waals surface area contributed by atoms with Gasteiger partial charge in [0.1, 0.15) is 5.82 Å². The number of aromatic nitrogens is 2. The van der Waals surface area contributed by atoms with Crippen LogP contribution in [0.5, 0.6) is 0 Å². The minimum atomic E-state index is -0.285. The molecule has 0 radical (unpaired) electrons. The van der Waals surface area contributed by atoms with Crippen molar-refractivity contribution in [3.8, 4) is 23.2 Å². The van der Waals surface area contributed by atoms with Crippen molar-refractivity contribution in [2.75, 3.05) is 0 Å². The lowest BCUT2D eigenvalue weighted by Gasteiger charge is -2.04. The molecular formula is C21H19FN2O. The standard InChI is InChI=1S/C21H19FN2O/c1-3-17(4-2)21-23-20(24-25-21)18-12-10-15(11-13-18)8-9-16-6-5-7-19(22)14-16/h5-7,10-14,17H,3-4H2,1-2H3. The summed E-state index contributed by atoms with van der Waals surface area (Å²) in [5.41, 5.74) is 2.38. The SMILES string of the molecule is CCC(CC)c1nc(-c2ccc(C#Cc3cccc(F)c3)cc2)no1. The second-order valence-corrected chi connectivity index (χ2v) is 5.81. The van der Waals surface area contributed by atoms with Gasteiger partial charge in [-0.25, -0.2) is 4.39 Å². The van der Waals surface area contributed by atoms with Crippen molar-refractivity contribution in [1.29, 1.82) is 0 Å². The molecule has 0 aliphatic rings. The summed E-state index contributed by atoms with van der Waals surface area (Å²) in [6, 6.07) is 13.9. The van der Waals surface area contributed by atoms with Gasteiger partial charge in [-0.3, -0.25) is 0 Å². The Balaban J connectivity index is 1.77. The molecule has 0 aliphatic carbocycles. The Morgan fingerprint density at radius 1 is 1.00 bits per heavy atom. The van der Waals surface area contributed by atoms with Gasteiger partial charge in [-0.2, -0.15) is 4.98 Å². The summed E-state index contributed by atoms with van der Waals surface area (Å²) in [5.74, 6) is 7.28. The summed E-state index contributed by atoms with van der Waals surface area (Å²) in [5, 5.41) is 4.07. The van der Waals surface area contributed by atoms with Crippen molar-refractivity contribution in [3.63, 3.8) is 0 Å². The fourth-order valence-corrected chi connectivity index (χ4v) is 2.57. The highest BCUT2D eigenvalue weighted by Gasteiger charge is 2.16. The van der Waals surface area contributed by atoms with Crippen LogP contribution in [0.4, 0.5) is 4.39 Å². The van der Waals surface area contributed by atoms with Crippen molar-refractivity contribution in [3.05, 3.63) is 71.4 Å². The van der Waals surface area contributed by atoms with Crippen molar-refractivity contribution < 1.29 is 8.91 Å². The Morgan fingerprint density at radius 2 is 1.72 bits per heavy atom. The smallest absolute Gasteiger partial charge is 0.230 e. The van der Waals surface area contributed by atoms with Crippen LogP contribution in [0.3, 0.4) is 0 Å². The second kappa shape index (κ2) is 7.76. The van der Waals surface area contributed by atoms with E-state index in [4.69, 9.17) is 4.52 Å². The van der Waals surface area contributed by atoms with Crippen LogP contribution in [-0.2, 0) is 0 Å². The number of halogens is 1. The molecule has 0 atom stereocenters. The number of hydrogen-bond donors (Lipinski definition) is 0. The van der Waals surface area contributed by atoms with E-state index in [1.165, 1.54) is 12.1 Å². The molecule has 0 saturated carbocycles. The zero-order chi connectivity index (χ0) is 17.6. The normalized spacial score (nSPS) is 10.6. The number of rotatable bonds is 4. The van der Waals surface area contributed by atoms with Crippen LogP contribution in [0.25, 0.3) is 11.4 Å². The maximum absolute atomic E-state index is 13.2. The maximum atomic E-state index is 13.2. The van der Waals surface area contributed by atoms with E-state index in [1.807, 2.05) is 24.3 Å². The van der Waals surface area contributed by atoms with Gasteiger partial charge in [0.05, 0.1) is 0 Å². The molecule has 2 aromatic carbocycles. The van der Waals surface area contributed by atoms with Crippen molar-refractivity contribution >= 4 is 0 Å². The Labute approximate surface area is 146 Å². The van der Waals surface area contributed by atoms with E-state index in [9.17, 15) is 4.39 Å². The molecule has 3 rings (SSSR count). The fourth-order valence-electron chi connectivity index (χ4n) is 2.57. The first-order chi connectivity index (χ1) is 12.2. The summed E-state index contributed by atoms with van der Waals surface area (Å²) < 4.78 is 18.5. The summed E-state index contributed by atoms with van der Waals surface area (Å²) in [7, 11) is 0. The van der Waals surface area contributed by atoms with Crippen molar-refractivity contribution in [1.82, 2.24) is 10.1 Å². The van der Waals surface area contributed by atoms with Crippen LogP contribution in [-0.4, -0.2) is 10.1 Å². The first kappa shape index (κ1) is 16.9. The quantitative estimate of drug-likeness (QED) is 0.617. The lowest BCUT2D eigenvalue weighted by molar-refractivity contribution is 0.346. The van der Waals surface area contributed by atoms with Crippen molar-refractivity contribution in [2.45, 2.75) is 32.6 Å². The molecule has 0 fully saturated rings. The fraction of sp³-hybridized carbons (Fsp3) is 0.238. The first-order valence-corrected chi connectivity index (χ1v) is 8.41. The molecule has 1 heterocycles. The van der Waals surface area contributed by atoms with Crippen molar-refractivity contribution in [2.24, 2.45) is 0 Å². The Morgan fingerprint density at radius 3 is 2.40 bits per heavy atom. The van der Waals surface area contributed by atoms with Crippen LogP contribution >= 0.6 is 0 Å². The second-order valence-electron chi connectivity index (χ2n) is 5.81. The van der Waals surface area contributed by atoms with Gasteiger partial charge in [-0.15, -0.1) is 0 Å². The van der Waals surface area contributed by atoms with E-state index in [0.29, 0.717) is 23.2 Å².